The van der Waals surface area contributed by atoms with Gasteiger partial charge in [0.15, 0.2) is 0 Å². The summed E-state index contributed by atoms with van der Waals surface area (Å²) in [6, 6.07) is 0.0180. The molecule has 0 fully saturated rings. The van der Waals surface area contributed by atoms with Gasteiger partial charge in [0, 0.05) is 0 Å². The van der Waals surface area contributed by atoms with Crippen molar-refractivity contribution in [2.45, 2.75) is 18.5 Å². The number of hydrogen-bond donors (Lipinski definition) is 1. The van der Waals surface area contributed by atoms with Gasteiger partial charge in [-0.2, -0.15) is 13.2 Å². The molecule has 1 aromatic rings. The molecule has 0 aliphatic rings. The number of carboxylic acid groups (broad SMARTS) is 1. The van der Waals surface area contributed by atoms with Crippen molar-refractivity contribution in [3.8, 4) is 0 Å². The summed E-state index contributed by atoms with van der Waals surface area (Å²) in [5.41, 5.74) is -4.80. The number of nitrogens with zero attached hydrogens (tertiary/aromatic N) is 1. The van der Waals surface area contributed by atoms with Crippen LogP contribution < -0.4 is 0 Å². The third kappa shape index (κ3) is 2.87. The zero-order chi connectivity index (χ0) is 14.1. The Bertz CT molecular complexity index is 475. The van der Waals surface area contributed by atoms with Gasteiger partial charge in [-0.1, -0.05) is 0 Å². The lowest BCUT2D eigenvalue weighted by atomic mass is 10.0. The monoisotopic (exact) mass is 289 g/mol. The molecule has 0 bridgehead atoms. The zero-order valence-electron chi connectivity index (χ0n) is 8.43. The highest BCUT2D eigenvalue weighted by atomic mass is 35.5. The largest absolute Gasteiger partial charge is 0.478 e. The summed E-state index contributed by atoms with van der Waals surface area (Å²) in [7, 11) is 0. The third-order valence-electron chi connectivity index (χ3n) is 1.98. The normalized spacial score (nSPS) is 11.9. The SMILES string of the molecule is O=C(O)c1c(C(F)(F)F)cc(C(F)F)nc1CCl. The molecule has 1 rings (SSSR count). The molecule has 0 aromatic carbocycles. The molecule has 1 aromatic heterocycles. The van der Waals surface area contributed by atoms with Crippen LogP contribution in [0.1, 0.15) is 33.7 Å². The summed E-state index contributed by atoms with van der Waals surface area (Å²) in [4.78, 5) is 13.9. The van der Waals surface area contributed by atoms with Crippen LogP contribution in [0.3, 0.4) is 0 Å². The molecular formula is C9H5ClF5NO2. The van der Waals surface area contributed by atoms with Crippen molar-refractivity contribution in [3.63, 3.8) is 0 Å². The lowest BCUT2D eigenvalue weighted by molar-refractivity contribution is -0.138. The van der Waals surface area contributed by atoms with Crippen molar-refractivity contribution in [2.24, 2.45) is 0 Å². The Morgan fingerprint density at radius 2 is 2.00 bits per heavy atom. The molecule has 100 valence electrons. The molecule has 3 nitrogen and oxygen atoms in total. The predicted molar refractivity (Wildman–Crippen MR) is 50.7 cm³/mol. The van der Waals surface area contributed by atoms with E-state index in [1.807, 2.05) is 0 Å². The second kappa shape index (κ2) is 5.05. The lowest BCUT2D eigenvalue weighted by Gasteiger charge is -2.14. The minimum Gasteiger partial charge on any atom is -0.478 e. The number of rotatable bonds is 3. The number of hydrogen-bond acceptors (Lipinski definition) is 2. The van der Waals surface area contributed by atoms with Crippen LogP contribution in [0.15, 0.2) is 6.07 Å². The van der Waals surface area contributed by atoms with Crippen LogP contribution in [0.5, 0.6) is 0 Å². The minimum atomic E-state index is -5.08. The molecule has 0 radical (unpaired) electrons. The molecule has 0 atom stereocenters. The van der Waals surface area contributed by atoms with Crippen LogP contribution in [0.2, 0.25) is 0 Å². The van der Waals surface area contributed by atoms with Gasteiger partial charge >= 0.3 is 12.1 Å². The molecule has 0 unspecified atom stereocenters. The molecule has 9 heteroatoms. The van der Waals surface area contributed by atoms with Crippen molar-refractivity contribution in [3.05, 3.63) is 28.6 Å². The van der Waals surface area contributed by atoms with Gasteiger partial charge < -0.3 is 5.11 Å². The molecule has 1 heterocycles. The standard InChI is InChI=1S/C9H5ClF5NO2/c10-2-5-6(8(17)18)3(9(13,14)15)1-4(16-5)7(11)12/h1,7H,2H2,(H,17,18). The number of alkyl halides is 6. The van der Waals surface area contributed by atoms with Crippen LogP contribution in [0.4, 0.5) is 22.0 Å². The van der Waals surface area contributed by atoms with E-state index in [1.54, 1.807) is 0 Å². The average Bonchev–Trinajstić information content (AvgIpc) is 2.25. The highest BCUT2D eigenvalue weighted by Crippen LogP contribution is 2.35. The maximum absolute atomic E-state index is 12.6. The number of halogens is 6. The summed E-state index contributed by atoms with van der Waals surface area (Å²) < 4.78 is 62.5. The van der Waals surface area contributed by atoms with Gasteiger partial charge in [0.1, 0.15) is 5.69 Å². The lowest BCUT2D eigenvalue weighted by Crippen LogP contribution is -2.17. The maximum atomic E-state index is 12.6. The van der Waals surface area contributed by atoms with E-state index in [0.29, 0.717) is 0 Å². The molecule has 1 N–H and O–H groups in total. The zero-order valence-corrected chi connectivity index (χ0v) is 9.19. The van der Waals surface area contributed by atoms with Crippen molar-refractivity contribution >= 4 is 17.6 Å². The summed E-state index contributed by atoms with van der Waals surface area (Å²) in [6.07, 6.45) is -8.34. The van der Waals surface area contributed by atoms with Crippen LogP contribution in [-0.2, 0) is 12.1 Å². The van der Waals surface area contributed by atoms with Gasteiger partial charge in [-0.25, -0.2) is 18.6 Å². The Balaban J connectivity index is 3.63. The minimum absolute atomic E-state index is 0.0180. The van der Waals surface area contributed by atoms with Gasteiger partial charge in [0.05, 0.1) is 22.7 Å². The fraction of sp³-hybridized carbons (Fsp3) is 0.333. The first-order valence-electron chi connectivity index (χ1n) is 4.37. The van der Waals surface area contributed by atoms with Crippen LogP contribution >= 0.6 is 11.6 Å². The molecule has 0 aliphatic carbocycles. The second-order valence-electron chi connectivity index (χ2n) is 3.15. The van der Waals surface area contributed by atoms with Crippen molar-refractivity contribution < 1.29 is 31.9 Å². The first-order valence-corrected chi connectivity index (χ1v) is 4.90. The van der Waals surface area contributed by atoms with Crippen molar-refractivity contribution in [1.29, 1.82) is 0 Å². The molecule has 0 spiro atoms. The van der Waals surface area contributed by atoms with Gasteiger partial charge in [-0.15, -0.1) is 11.6 Å². The number of carboxylic acids is 1. The fourth-order valence-electron chi connectivity index (χ4n) is 1.29. The van der Waals surface area contributed by atoms with Gasteiger partial charge in [0.25, 0.3) is 6.43 Å². The van der Waals surface area contributed by atoms with Crippen LogP contribution in [0, 0.1) is 0 Å². The van der Waals surface area contributed by atoms with E-state index in [1.165, 1.54) is 0 Å². The van der Waals surface area contributed by atoms with E-state index in [9.17, 15) is 26.7 Å². The quantitative estimate of drug-likeness (QED) is 0.684. The highest BCUT2D eigenvalue weighted by molar-refractivity contribution is 6.17. The molecular weight excluding hydrogens is 285 g/mol. The van der Waals surface area contributed by atoms with Crippen LogP contribution in [-0.4, -0.2) is 16.1 Å². The van der Waals surface area contributed by atoms with E-state index in [2.05, 4.69) is 4.98 Å². The third-order valence-corrected chi connectivity index (χ3v) is 2.24. The maximum Gasteiger partial charge on any atom is 0.417 e. The Labute approximate surface area is 102 Å². The summed E-state index contributed by atoms with van der Waals surface area (Å²) >= 11 is 5.24. The first kappa shape index (κ1) is 14.6. The van der Waals surface area contributed by atoms with E-state index < -0.39 is 47.0 Å². The summed E-state index contributed by atoms with van der Waals surface area (Å²) in [6.45, 7) is 0. The Kier molecular flexibility index (Phi) is 4.10. The smallest absolute Gasteiger partial charge is 0.417 e. The molecule has 0 amide bonds. The van der Waals surface area contributed by atoms with Crippen molar-refractivity contribution in [2.75, 3.05) is 0 Å². The number of aromatic nitrogens is 1. The van der Waals surface area contributed by atoms with E-state index in [-0.39, 0.29) is 6.07 Å². The van der Waals surface area contributed by atoms with Gasteiger partial charge in [0.2, 0.25) is 0 Å². The Hall–Kier alpha value is -1.44. The van der Waals surface area contributed by atoms with E-state index in [0.717, 1.165) is 0 Å². The van der Waals surface area contributed by atoms with Gasteiger partial charge in [-0.05, 0) is 6.07 Å². The second-order valence-corrected chi connectivity index (χ2v) is 3.42. The predicted octanol–water partition coefficient (Wildman–Crippen LogP) is 3.48. The Morgan fingerprint density at radius 3 is 2.33 bits per heavy atom. The first-order chi connectivity index (χ1) is 8.18. The van der Waals surface area contributed by atoms with Crippen molar-refractivity contribution in [1.82, 2.24) is 4.98 Å². The van der Waals surface area contributed by atoms with Crippen LogP contribution in [0.25, 0.3) is 0 Å². The molecule has 0 saturated heterocycles. The van der Waals surface area contributed by atoms with E-state index in [4.69, 9.17) is 16.7 Å². The summed E-state index contributed by atoms with van der Waals surface area (Å²) in [5.74, 6) is -2.64. The molecule has 18 heavy (non-hydrogen) atoms. The highest BCUT2D eigenvalue weighted by Gasteiger charge is 2.38. The Morgan fingerprint density at radius 1 is 1.44 bits per heavy atom. The van der Waals surface area contributed by atoms with Gasteiger partial charge in [-0.3, -0.25) is 0 Å². The summed E-state index contributed by atoms with van der Waals surface area (Å²) in [5, 5.41) is 8.68. The average molecular weight is 290 g/mol. The topological polar surface area (TPSA) is 50.2 Å². The molecule has 0 aliphatic heterocycles. The number of aromatic carboxylic acids is 1. The number of pyridine rings is 1. The number of carbonyl (C=O) groups is 1. The fourth-order valence-corrected chi connectivity index (χ4v) is 1.48. The van der Waals surface area contributed by atoms with E-state index >= 15 is 0 Å². The molecule has 0 saturated carbocycles.